The van der Waals surface area contributed by atoms with Gasteiger partial charge in [0.25, 0.3) is 5.89 Å². The third-order valence-electron chi connectivity index (χ3n) is 3.30. The van der Waals surface area contributed by atoms with Gasteiger partial charge in [-0.2, -0.15) is 0 Å². The minimum atomic E-state index is 0.111. The van der Waals surface area contributed by atoms with E-state index in [1.807, 2.05) is 29.6 Å². The van der Waals surface area contributed by atoms with Crippen LogP contribution in [0.1, 0.15) is 18.0 Å². The number of nitrogens with zero attached hydrogens (tertiary/aromatic N) is 3. The zero-order valence-electron chi connectivity index (χ0n) is 11.0. The Morgan fingerprint density at radius 3 is 3.10 bits per heavy atom. The van der Waals surface area contributed by atoms with Crippen LogP contribution in [0.15, 0.2) is 40.3 Å². The van der Waals surface area contributed by atoms with Crippen molar-refractivity contribution < 1.29 is 9.15 Å². The molecule has 21 heavy (non-hydrogen) atoms. The van der Waals surface area contributed by atoms with Crippen molar-refractivity contribution >= 4 is 17.4 Å². The molecule has 1 N–H and O–H groups in total. The lowest BCUT2D eigenvalue weighted by atomic mass is 10.0. The summed E-state index contributed by atoms with van der Waals surface area (Å²) in [5, 5.41) is 13.9. The van der Waals surface area contributed by atoms with Gasteiger partial charge in [0.05, 0.1) is 12.6 Å². The molecule has 6 nitrogen and oxygen atoms in total. The zero-order chi connectivity index (χ0) is 14.1. The Hall–Kier alpha value is -2.41. The summed E-state index contributed by atoms with van der Waals surface area (Å²) in [5.74, 6) is 1.34. The van der Waals surface area contributed by atoms with Gasteiger partial charge in [0.1, 0.15) is 5.75 Å². The summed E-state index contributed by atoms with van der Waals surface area (Å²) in [7, 11) is 0. The van der Waals surface area contributed by atoms with Crippen LogP contribution in [-0.4, -0.2) is 21.8 Å². The molecule has 0 amide bonds. The quantitative estimate of drug-likeness (QED) is 0.801. The summed E-state index contributed by atoms with van der Waals surface area (Å²) in [6.45, 7) is 0.669. The number of nitrogens with one attached hydrogen (secondary N) is 1. The van der Waals surface area contributed by atoms with Crippen LogP contribution in [0.4, 0.5) is 6.01 Å². The highest BCUT2D eigenvalue weighted by Gasteiger charge is 2.23. The van der Waals surface area contributed by atoms with E-state index in [2.05, 4.69) is 20.5 Å². The van der Waals surface area contributed by atoms with Crippen molar-refractivity contribution in [3.63, 3.8) is 0 Å². The Morgan fingerprint density at radius 1 is 1.24 bits per heavy atom. The van der Waals surface area contributed by atoms with E-state index in [1.54, 1.807) is 6.20 Å². The summed E-state index contributed by atoms with van der Waals surface area (Å²) in [4.78, 5) is 4.16. The van der Waals surface area contributed by atoms with Crippen molar-refractivity contribution in [3.05, 3.63) is 41.4 Å². The Bertz CT molecular complexity index is 741. The van der Waals surface area contributed by atoms with E-state index in [9.17, 15) is 0 Å². The number of hydrogen-bond acceptors (Lipinski definition) is 7. The van der Waals surface area contributed by atoms with Gasteiger partial charge in [0, 0.05) is 23.6 Å². The number of aromatic nitrogens is 3. The second kappa shape index (κ2) is 5.17. The van der Waals surface area contributed by atoms with E-state index >= 15 is 0 Å². The van der Waals surface area contributed by atoms with Crippen LogP contribution in [0.3, 0.4) is 0 Å². The van der Waals surface area contributed by atoms with Crippen molar-refractivity contribution in [2.24, 2.45) is 0 Å². The zero-order valence-corrected chi connectivity index (χ0v) is 11.8. The van der Waals surface area contributed by atoms with Crippen LogP contribution in [0, 0.1) is 0 Å². The Morgan fingerprint density at radius 2 is 2.19 bits per heavy atom. The third kappa shape index (κ3) is 2.36. The molecule has 4 rings (SSSR count). The number of thiazole rings is 1. The lowest BCUT2D eigenvalue weighted by Crippen LogP contribution is -2.20. The monoisotopic (exact) mass is 300 g/mol. The van der Waals surface area contributed by atoms with Gasteiger partial charge in [-0.25, -0.2) is 4.98 Å². The lowest BCUT2D eigenvalue weighted by molar-refractivity contribution is 0.273. The average molecular weight is 300 g/mol. The molecule has 0 spiro atoms. The maximum absolute atomic E-state index is 5.64. The molecule has 1 atom stereocenters. The highest BCUT2D eigenvalue weighted by Crippen LogP contribution is 2.34. The largest absolute Gasteiger partial charge is 0.493 e. The first-order valence-electron chi connectivity index (χ1n) is 6.62. The van der Waals surface area contributed by atoms with Gasteiger partial charge in [0.2, 0.25) is 0 Å². The molecule has 1 aromatic carbocycles. The Labute approximate surface area is 124 Å². The second-order valence-electron chi connectivity index (χ2n) is 4.62. The van der Waals surface area contributed by atoms with Crippen molar-refractivity contribution in [1.82, 2.24) is 15.2 Å². The number of para-hydroxylation sites is 1. The predicted molar refractivity (Wildman–Crippen MR) is 78.3 cm³/mol. The summed E-state index contributed by atoms with van der Waals surface area (Å²) in [6.07, 6.45) is 2.57. The van der Waals surface area contributed by atoms with Gasteiger partial charge >= 0.3 is 6.01 Å². The van der Waals surface area contributed by atoms with Gasteiger partial charge in [0.15, 0.2) is 5.01 Å². The molecular formula is C14H12N4O2S. The van der Waals surface area contributed by atoms with E-state index in [-0.39, 0.29) is 6.04 Å². The molecule has 7 heteroatoms. The molecule has 0 fully saturated rings. The SMILES string of the molecule is c1ccc2c(c1)OCCC2Nc1nnc(-c2nccs2)o1. The highest BCUT2D eigenvalue weighted by atomic mass is 32.1. The average Bonchev–Trinajstić information content (AvgIpc) is 3.18. The number of fused-ring (bicyclic) bond motifs is 1. The molecule has 1 aliphatic rings. The van der Waals surface area contributed by atoms with Gasteiger partial charge in [-0.3, -0.25) is 0 Å². The molecule has 0 bridgehead atoms. The minimum Gasteiger partial charge on any atom is -0.493 e. The smallest absolute Gasteiger partial charge is 0.316 e. The minimum absolute atomic E-state index is 0.111. The fraction of sp³-hybridized carbons (Fsp3) is 0.214. The molecule has 0 saturated heterocycles. The van der Waals surface area contributed by atoms with Crippen molar-refractivity contribution in [3.8, 4) is 16.6 Å². The summed E-state index contributed by atoms with van der Waals surface area (Å²) >= 11 is 1.47. The van der Waals surface area contributed by atoms with Crippen LogP contribution >= 0.6 is 11.3 Å². The number of anilines is 1. The first-order valence-corrected chi connectivity index (χ1v) is 7.50. The number of benzene rings is 1. The first kappa shape index (κ1) is 12.3. The van der Waals surface area contributed by atoms with Crippen LogP contribution in [0.2, 0.25) is 0 Å². The molecule has 0 saturated carbocycles. The van der Waals surface area contributed by atoms with Crippen LogP contribution in [0.5, 0.6) is 5.75 Å². The number of rotatable bonds is 3. The molecule has 0 aliphatic carbocycles. The summed E-state index contributed by atoms with van der Waals surface area (Å²) in [6, 6.07) is 8.50. The molecule has 1 aliphatic heterocycles. The van der Waals surface area contributed by atoms with E-state index in [0.717, 1.165) is 22.7 Å². The number of hydrogen-bond donors (Lipinski definition) is 1. The van der Waals surface area contributed by atoms with Crippen molar-refractivity contribution in [2.45, 2.75) is 12.5 Å². The molecule has 0 radical (unpaired) electrons. The van der Waals surface area contributed by atoms with Gasteiger partial charge in [-0.05, 0) is 6.07 Å². The predicted octanol–water partition coefficient (Wildman–Crippen LogP) is 3.13. The molecule has 106 valence electrons. The first-order chi connectivity index (χ1) is 10.4. The standard InChI is InChI=1S/C14H12N4O2S/c1-2-4-11-9(3-1)10(5-7-19-11)16-14-18-17-12(20-14)13-15-6-8-21-13/h1-4,6,8,10H,5,7H2,(H,16,18). The Balaban J connectivity index is 1.57. The number of ether oxygens (including phenoxy) is 1. The second-order valence-corrected chi connectivity index (χ2v) is 5.52. The van der Waals surface area contributed by atoms with Gasteiger partial charge in [-0.15, -0.1) is 16.4 Å². The molecule has 3 heterocycles. The van der Waals surface area contributed by atoms with E-state index < -0.39 is 0 Å². The van der Waals surface area contributed by atoms with E-state index in [1.165, 1.54) is 11.3 Å². The normalized spacial score (nSPS) is 17.0. The fourth-order valence-electron chi connectivity index (χ4n) is 2.34. The molecular weight excluding hydrogens is 288 g/mol. The lowest BCUT2D eigenvalue weighted by Gasteiger charge is -2.25. The topological polar surface area (TPSA) is 73.1 Å². The van der Waals surface area contributed by atoms with E-state index in [4.69, 9.17) is 9.15 Å². The fourth-order valence-corrected chi connectivity index (χ4v) is 2.89. The summed E-state index contributed by atoms with van der Waals surface area (Å²) < 4.78 is 11.3. The molecule has 2 aromatic heterocycles. The van der Waals surface area contributed by atoms with Gasteiger partial charge in [-0.1, -0.05) is 23.3 Å². The molecule has 3 aromatic rings. The van der Waals surface area contributed by atoms with Crippen LogP contribution in [0.25, 0.3) is 10.9 Å². The highest BCUT2D eigenvalue weighted by molar-refractivity contribution is 7.12. The van der Waals surface area contributed by atoms with Crippen LogP contribution < -0.4 is 10.1 Å². The van der Waals surface area contributed by atoms with Crippen molar-refractivity contribution in [1.29, 1.82) is 0 Å². The molecule has 1 unspecified atom stereocenters. The third-order valence-corrected chi connectivity index (χ3v) is 4.06. The maximum atomic E-state index is 5.64. The van der Waals surface area contributed by atoms with E-state index in [0.29, 0.717) is 18.5 Å². The maximum Gasteiger partial charge on any atom is 0.316 e. The summed E-state index contributed by atoms with van der Waals surface area (Å²) in [5.41, 5.74) is 1.11. The van der Waals surface area contributed by atoms with Crippen molar-refractivity contribution in [2.75, 3.05) is 11.9 Å². The van der Waals surface area contributed by atoms with Gasteiger partial charge < -0.3 is 14.5 Å². The van der Waals surface area contributed by atoms with Crippen LogP contribution in [-0.2, 0) is 0 Å². The Kier molecular flexibility index (Phi) is 3.04.